The summed E-state index contributed by atoms with van der Waals surface area (Å²) in [5.74, 6) is 0.999. The topological polar surface area (TPSA) is 108 Å². The predicted octanol–water partition coefficient (Wildman–Crippen LogP) is 5.21. The Labute approximate surface area is 214 Å². The molecule has 8 nitrogen and oxygen atoms in total. The number of aryl methyl sites for hydroxylation is 2. The maximum Gasteiger partial charge on any atom is 0.256 e. The number of benzene rings is 2. The number of carbonyl (C=O) groups is 1. The summed E-state index contributed by atoms with van der Waals surface area (Å²) in [5.41, 5.74) is 6.88. The van der Waals surface area contributed by atoms with E-state index in [2.05, 4.69) is 64.4 Å². The highest BCUT2D eigenvalue weighted by molar-refractivity contribution is 6.07. The number of nitrogens with one attached hydrogen (secondary N) is 2. The van der Waals surface area contributed by atoms with E-state index < -0.39 is 6.10 Å². The normalized spacial score (nSPS) is 14.6. The summed E-state index contributed by atoms with van der Waals surface area (Å²) in [7, 11) is 0. The number of nitrogens with zero attached hydrogens (tertiary/aromatic N) is 3. The molecule has 0 aliphatic carbocycles. The van der Waals surface area contributed by atoms with Crippen molar-refractivity contribution in [3.8, 4) is 5.75 Å². The van der Waals surface area contributed by atoms with E-state index in [0.717, 1.165) is 29.7 Å². The number of ether oxygens (including phenoxy) is 1. The summed E-state index contributed by atoms with van der Waals surface area (Å²) < 4.78 is 5.97. The van der Waals surface area contributed by atoms with Gasteiger partial charge in [0.05, 0.1) is 6.10 Å². The smallest absolute Gasteiger partial charge is 0.256 e. The Morgan fingerprint density at radius 3 is 2.25 bits per heavy atom. The number of aliphatic hydroxyl groups is 1. The average molecular weight is 494 g/mol. The molecule has 0 saturated heterocycles. The van der Waals surface area contributed by atoms with Crippen LogP contribution < -0.4 is 15.6 Å². The Balaban J connectivity index is 1.86. The van der Waals surface area contributed by atoms with E-state index in [1.807, 2.05) is 46.8 Å². The Morgan fingerprint density at radius 2 is 1.72 bits per heavy atom. The molecule has 0 saturated carbocycles. The van der Waals surface area contributed by atoms with Crippen molar-refractivity contribution in [3.63, 3.8) is 0 Å². The molecule has 1 unspecified atom stereocenters. The first kappa shape index (κ1) is 27.3. The zero-order chi connectivity index (χ0) is 26.5. The highest BCUT2D eigenvalue weighted by Gasteiger charge is 2.32. The van der Waals surface area contributed by atoms with Crippen molar-refractivity contribution in [1.29, 1.82) is 0 Å². The van der Waals surface area contributed by atoms with Gasteiger partial charge in [-0.05, 0) is 66.5 Å². The van der Waals surface area contributed by atoms with Crippen LogP contribution in [0.5, 0.6) is 5.75 Å². The number of carbonyl (C=O) groups excluding carboxylic acids is 1. The van der Waals surface area contributed by atoms with Gasteiger partial charge in [-0.25, -0.2) is 0 Å². The van der Waals surface area contributed by atoms with Gasteiger partial charge >= 0.3 is 0 Å². The van der Waals surface area contributed by atoms with E-state index in [1.165, 1.54) is 11.1 Å². The molecule has 36 heavy (non-hydrogen) atoms. The van der Waals surface area contributed by atoms with Crippen molar-refractivity contribution >= 4 is 11.7 Å². The highest BCUT2D eigenvalue weighted by atomic mass is 16.5. The first-order chi connectivity index (χ1) is 17.0. The van der Waals surface area contributed by atoms with Crippen molar-refractivity contribution in [2.45, 2.75) is 72.8 Å². The number of amidine groups is 1. The zero-order valence-corrected chi connectivity index (χ0v) is 22.5. The van der Waals surface area contributed by atoms with E-state index in [4.69, 9.17) is 4.74 Å². The van der Waals surface area contributed by atoms with Gasteiger partial charge in [-0.3, -0.25) is 4.79 Å². The molecule has 1 atom stereocenters. The standard InChI is InChI=1S/C28H39N5O3/c1-8-28(9-2,21-11-13-23(19(4)15-21)36-17-24(34)27(5,6)7)20-10-12-22(18(3)14-20)26(35)30-25-16-29-32-33-31-25/h10-15,24,34H,8-9,16-17H2,1-7H3,(H,29,33)(H,30,31,32,35). The number of amides is 1. The second-order valence-electron chi connectivity index (χ2n) is 10.5. The molecular weight excluding hydrogens is 454 g/mol. The van der Waals surface area contributed by atoms with Gasteiger partial charge in [-0.2, -0.15) is 10.6 Å². The van der Waals surface area contributed by atoms with Crippen LogP contribution in [-0.2, 0) is 5.41 Å². The van der Waals surface area contributed by atoms with Crippen LogP contribution in [0.3, 0.4) is 0 Å². The summed E-state index contributed by atoms with van der Waals surface area (Å²) >= 11 is 0. The molecule has 8 heteroatoms. The third-order valence-electron chi connectivity index (χ3n) is 7.13. The van der Waals surface area contributed by atoms with Gasteiger partial charge in [0, 0.05) is 11.0 Å². The van der Waals surface area contributed by atoms with Gasteiger partial charge in [-0.15, -0.1) is 5.10 Å². The molecule has 0 bridgehead atoms. The van der Waals surface area contributed by atoms with E-state index in [1.54, 1.807) is 0 Å². The van der Waals surface area contributed by atoms with Gasteiger partial charge in [0.1, 0.15) is 18.9 Å². The van der Waals surface area contributed by atoms with Gasteiger partial charge < -0.3 is 15.2 Å². The summed E-state index contributed by atoms with van der Waals surface area (Å²) in [6.07, 6.45) is 1.26. The second-order valence-corrected chi connectivity index (χ2v) is 10.5. The Morgan fingerprint density at radius 1 is 1.08 bits per heavy atom. The maximum atomic E-state index is 12.8. The molecule has 0 fully saturated rings. The van der Waals surface area contributed by atoms with Crippen molar-refractivity contribution in [1.82, 2.24) is 10.9 Å². The van der Waals surface area contributed by atoms with Crippen LogP contribution in [0.15, 0.2) is 51.8 Å². The summed E-state index contributed by atoms with van der Waals surface area (Å²) in [4.78, 5) is 12.8. The summed E-state index contributed by atoms with van der Waals surface area (Å²) in [6, 6.07) is 12.4. The number of hydrogen-bond acceptors (Lipinski definition) is 7. The van der Waals surface area contributed by atoms with Gasteiger partial charge in [-0.1, -0.05) is 64.1 Å². The van der Waals surface area contributed by atoms with E-state index >= 15 is 0 Å². The number of aliphatic hydroxyl groups excluding tert-OH is 1. The predicted molar refractivity (Wildman–Crippen MR) is 142 cm³/mol. The van der Waals surface area contributed by atoms with Crippen LogP contribution in [0, 0.1) is 19.3 Å². The lowest BCUT2D eigenvalue weighted by molar-refractivity contribution is 0.0216. The molecule has 3 rings (SSSR count). The van der Waals surface area contributed by atoms with E-state index in [0.29, 0.717) is 11.4 Å². The van der Waals surface area contributed by atoms with Crippen molar-refractivity contribution in [2.24, 2.45) is 20.9 Å². The van der Waals surface area contributed by atoms with Crippen LogP contribution in [-0.4, -0.2) is 36.1 Å². The Hall–Kier alpha value is -3.26. The minimum atomic E-state index is -0.550. The fourth-order valence-electron chi connectivity index (χ4n) is 4.49. The monoisotopic (exact) mass is 493 g/mol. The Kier molecular flexibility index (Phi) is 8.51. The van der Waals surface area contributed by atoms with Crippen molar-refractivity contribution in [2.75, 3.05) is 13.2 Å². The van der Waals surface area contributed by atoms with Crippen LogP contribution in [0.4, 0.5) is 0 Å². The van der Waals surface area contributed by atoms with Crippen LogP contribution >= 0.6 is 0 Å². The first-order valence-corrected chi connectivity index (χ1v) is 12.5. The highest BCUT2D eigenvalue weighted by Crippen LogP contribution is 2.41. The number of rotatable bonds is 8. The first-order valence-electron chi connectivity index (χ1n) is 12.5. The zero-order valence-electron chi connectivity index (χ0n) is 22.5. The largest absolute Gasteiger partial charge is 0.491 e. The third kappa shape index (κ3) is 5.93. The minimum absolute atomic E-state index is 0.203. The Bertz CT molecular complexity index is 1150. The lowest BCUT2D eigenvalue weighted by Crippen LogP contribution is -2.35. The molecule has 2 aromatic rings. The van der Waals surface area contributed by atoms with Crippen LogP contribution in [0.1, 0.15) is 80.1 Å². The quantitative estimate of drug-likeness (QED) is 0.469. The molecule has 1 amide bonds. The molecule has 0 spiro atoms. The van der Waals surface area contributed by atoms with Crippen molar-refractivity contribution < 1.29 is 14.6 Å². The van der Waals surface area contributed by atoms with E-state index in [9.17, 15) is 9.90 Å². The summed E-state index contributed by atoms with van der Waals surface area (Å²) in [5, 5.41) is 24.5. The molecule has 0 aromatic heterocycles. The molecule has 1 aliphatic heterocycles. The van der Waals surface area contributed by atoms with Gasteiger partial charge in [0.25, 0.3) is 5.91 Å². The fourth-order valence-corrected chi connectivity index (χ4v) is 4.49. The summed E-state index contributed by atoms with van der Waals surface area (Å²) in [6.45, 7) is 14.9. The molecule has 194 valence electrons. The van der Waals surface area contributed by atoms with E-state index in [-0.39, 0.29) is 29.9 Å². The number of hydrazone groups is 1. The lowest BCUT2D eigenvalue weighted by atomic mass is 9.70. The third-order valence-corrected chi connectivity index (χ3v) is 7.13. The number of hydrogen-bond donors (Lipinski definition) is 3. The van der Waals surface area contributed by atoms with Gasteiger partial charge in [0.15, 0.2) is 5.84 Å². The molecule has 1 heterocycles. The average Bonchev–Trinajstić information content (AvgIpc) is 2.84. The van der Waals surface area contributed by atoms with Crippen LogP contribution in [0.25, 0.3) is 0 Å². The lowest BCUT2D eigenvalue weighted by Gasteiger charge is -2.34. The fraction of sp³-hybridized carbons (Fsp3) is 0.500. The van der Waals surface area contributed by atoms with Crippen LogP contribution in [0.2, 0.25) is 0 Å². The molecule has 0 radical (unpaired) electrons. The maximum absolute atomic E-state index is 12.8. The SMILES string of the molecule is CCC(CC)(c1ccc(OCC(O)C(C)(C)C)c(C)c1)c1ccc(C(=O)NC2=NNN=NC2)c(C)c1. The van der Waals surface area contributed by atoms with Gasteiger partial charge in [0.2, 0.25) is 0 Å². The molecule has 1 aliphatic rings. The van der Waals surface area contributed by atoms with Crippen molar-refractivity contribution in [3.05, 3.63) is 64.2 Å². The minimum Gasteiger partial charge on any atom is -0.491 e. The molecular formula is C28H39N5O3. The molecule has 2 aromatic carbocycles. The second kappa shape index (κ2) is 11.2. The molecule has 3 N–H and O–H groups in total.